The van der Waals surface area contributed by atoms with Gasteiger partial charge in [-0.1, -0.05) is 0 Å². The largest absolute Gasteiger partial charge is 0.474 e. The molecule has 2 aliphatic heterocycles. The molecule has 2 aliphatic rings. The summed E-state index contributed by atoms with van der Waals surface area (Å²) in [4.78, 5) is 16.7. The number of carbonyl (C=O) groups excluding carboxylic acids is 1. The minimum atomic E-state index is -0.175. The molecule has 0 spiro atoms. The molecule has 8 nitrogen and oxygen atoms in total. The van der Waals surface area contributed by atoms with Gasteiger partial charge >= 0.3 is 0 Å². The zero-order valence-corrected chi connectivity index (χ0v) is 16.0. The normalized spacial score (nSPS) is 20.6. The summed E-state index contributed by atoms with van der Waals surface area (Å²) < 4.78 is 13.2. The third kappa shape index (κ3) is 4.88. The van der Waals surface area contributed by atoms with Crippen molar-refractivity contribution < 1.29 is 14.3 Å². The Labute approximate surface area is 164 Å². The number of piperidine rings is 1. The van der Waals surface area contributed by atoms with Gasteiger partial charge in [0.15, 0.2) is 0 Å². The van der Waals surface area contributed by atoms with Crippen LogP contribution in [0.4, 0.5) is 0 Å². The SMILES string of the molecule is O=C(NCc1ccnc(OC2CCOCC2)c1)c1ccn(C2CCCNC2)n1. The van der Waals surface area contributed by atoms with Crippen molar-refractivity contribution in [1.29, 1.82) is 0 Å². The fourth-order valence-electron chi connectivity index (χ4n) is 3.58. The van der Waals surface area contributed by atoms with Crippen molar-refractivity contribution in [1.82, 2.24) is 25.4 Å². The number of pyridine rings is 1. The highest BCUT2D eigenvalue weighted by atomic mass is 16.5. The Morgan fingerprint density at radius 1 is 1.32 bits per heavy atom. The van der Waals surface area contributed by atoms with Crippen LogP contribution in [0, 0.1) is 0 Å². The van der Waals surface area contributed by atoms with Gasteiger partial charge in [0.25, 0.3) is 5.91 Å². The van der Waals surface area contributed by atoms with Crippen LogP contribution in [0.1, 0.15) is 47.8 Å². The fourth-order valence-corrected chi connectivity index (χ4v) is 3.58. The van der Waals surface area contributed by atoms with Crippen LogP contribution in [0.15, 0.2) is 30.6 Å². The van der Waals surface area contributed by atoms with E-state index in [0.717, 1.165) is 57.6 Å². The average molecular weight is 385 g/mol. The molecule has 2 fully saturated rings. The molecule has 150 valence electrons. The third-order valence-corrected chi connectivity index (χ3v) is 5.19. The van der Waals surface area contributed by atoms with Crippen LogP contribution in [0.25, 0.3) is 0 Å². The van der Waals surface area contributed by atoms with Gasteiger partial charge in [-0.15, -0.1) is 0 Å². The molecular weight excluding hydrogens is 358 g/mol. The molecule has 0 bridgehead atoms. The first-order chi connectivity index (χ1) is 13.8. The van der Waals surface area contributed by atoms with Crippen molar-refractivity contribution in [2.45, 2.75) is 44.4 Å². The topological polar surface area (TPSA) is 90.3 Å². The summed E-state index contributed by atoms with van der Waals surface area (Å²) in [6.07, 6.45) is 7.71. The zero-order valence-electron chi connectivity index (χ0n) is 16.0. The molecule has 2 N–H and O–H groups in total. The summed E-state index contributed by atoms with van der Waals surface area (Å²) in [5, 5.41) is 10.8. The van der Waals surface area contributed by atoms with Gasteiger partial charge < -0.3 is 20.1 Å². The number of rotatable bonds is 6. The molecule has 4 rings (SSSR count). The first-order valence-electron chi connectivity index (χ1n) is 10.0. The number of hydrogen-bond acceptors (Lipinski definition) is 6. The predicted molar refractivity (Wildman–Crippen MR) is 103 cm³/mol. The molecule has 2 saturated heterocycles. The number of nitrogens with zero attached hydrogens (tertiary/aromatic N) is 3. The first-order valence-corrected chi connectivity index (χ1v) is 10.0. The van der Waals surface area contributed by atoms with Crippen LogP contribution < -0.4 is 15.4 Å². The standard InChI is InChI=1S/C20H27N5O3/c26-20(18-4-9-25(24-18)16-2-1-7-21-14-16)23-13-15-3-8-22-19(12-15)28-17-5-10-27-11-6-17/h3-4,8-9,12,16-17,21H,1-2,5-7,10-11,13-14H2,(H,23,26). The summed E-state index contributed by atoms with van der Waals surface area (Å²) >= 11 is 0. The maximum absolute atomic E-state index is 12.5. The van der Waals surface area contributed by atoms with Gasteiger partial charge in [-0.25, -0.2) is 4.98 Å². The van der Waals surface area contributed by atoms with E-state index in [1.54, 1.807) is 12.3 Å². The molecule has 0 radical (unpaired) electrons. The molecule has 2 aromatic rings. The highest BCUT2D eigenvalue weighted by molar-refractivity contribution is 5.92. The quantitative estimate of drug-likeness (QED) is 0.787. The van der Waals surface area contributed by atoms with Crippen molar-refractivity contribution in [3.05, 3.63) is 41.9 Å². The van der Waals surface area contributed by atoms with Gasteiger partial charge in [0.1, 0.15) is 11.8 Å². The van der Waals surface area contributed by atoms with Gasteiger partial charge in [0.2, 0.25) is 5.88 Å². The summed E-state index contributed by atoms with van der Waals surface area (Å²) in [6.45, 7) is 3.81. The van der Waals surface area contributed by atoms with Gasteiger partial charge in [0.05, 0.1) is 19.3 Å². The average Bonchev–Trinajstić information content (AvgIpc) is 3.24. The monoisotopic (exact) mass is 385 g/mol. The van der Waals surface area contributed by atoms with E-state index in [2.05, 4.69) is 20.7 Å². The second-order valence-electron chi connectivity index (χ2n) is 7.30. The Bertz CT molecular complexity index is 782. The maximum atomic E-state index is 12.5. The zero-order chi connectivity index (χ0) is 19.2. The van der Waals surface area contributed by atoms with Crippen LogP contribution in [-0.4, -0.2) is 53.1 Å². The van der Waals surface area contributed by atoms with Gasteiger partial charge in [-0.2, -0.15) is 5.10 Å². The van der Waals surface area contributed by atoms with E-state index in [1.165, 1.54) is 0 Å². The van der Waals surface area contributed by atoms with Gasteiger partial charge in [0, 0.05) is 44.4 Å². The Hall–Kier alpha value is -2.45. The minimum absolute atomic E-state index is 0.143. The molecule has 2 aromatic heterocycles. The Morgan fingerprint density at radius 2 is 2.21 bits per heavy atom. The smallest absolute Gasteiger partial charge is 0.272 e. The summed E-state index contributed by atoms with van der Waals surface area (Å²) in [5.74, 6) is 0.416. The molecule has 0 aromatic carbocycles. The van der Waals surface area contributed by atoms with E-state index in [4.69, 9.17) is 9.47 Å². The minimum Gasteiger partial charge on any atom is -0.474 e. The first kappa shape index (κ1) is 18.9. The second-order valence-corrected chi connectivity index (χ2v) is 7.30. The molecule has 0 aliphatic carbocycles. The molecule has 1 amide bonds. The third-order valence-electron chi connectivity index (χ3n) is 5.19. The predicted octanol–water partition coefficient (Wildman–Crippen LogP) is 1.69. The number of hydrogen-bond donors (Lipinski definition) is 2. The van der Waals surface area contributed by atoms with Crippen LogP contribution in [0.2, 0.25) is 0 Å². The van der Waals surface area contributed by atoms with E-state index < -0.39 is 0 Å². The number of ether oxygens (including phenoxy) is 2. The lowest BCUT2D eigenvalue weighted by Gasteiger charge is -2.23. The number of aromatic nitrogens is 3. The van der Waals surface area contributed by atoms with Crippen molar-refractivity contribution in [2.75, 3.05) is 26.3 Å². The van der Waals surface area contributed by atoms with E-state index in [9.17, 15) is 4.79 Å². The highest BCUT2D eigenvalue weighted by Crippen LogP contribution is 2.17. The number of nitrogens with one attached hydrogen (secondary N) is 2. The molecule has 4 heterocycles. The number of carbonyl (C=O) groups is 1. The summed E-state index contributed by atoms with van der Waals surface area (Å²) in [7, 11) is 0. The van der Waals surface area contributed by atoms with Crippen LogP contribution in [0.3, 0.4) is 0 Å². The van der Waals surface area contributed by atoms with E-state index >= 15 is 0 Å². The Balaban J connectivity index is 1.30. The summed E-state index contributed by atoms with van der Waals surface area (Å²) in [5.41, 5.74) is 1.39. The van der Waals surface area contributed by atoms with Gasteiger partial charge in [-0.3, -0.25) is 9.48 Å². The molecule has 1 atom stereocenters. The maximum Gasteiger partial charge on any atom is 0.272 e. The summed E-state index contributed by atoms with van der Waals surface area (Å²) in [6, 6.07) is 5.85. The molecule has 1 unspecified atom stereocenters. The van der Waals surface area contributed by atoms with Crippen molar-refractivity contribution in [3.8, 4) is 5.88 Å². The lowest BCUT2D eigenvalue weighted by molar-refractivity contribution is 0.0237. The lowest BCUT2D eigenvalue weighted by Crippen LogP contribution is -2.32. The molecule has 8 heteroatoms. The van der Waals surface area contributed by atoms with E-state index in [1.807, 2.05) is 23.0 Å². The lowest BCUT2D eigenvalue weighted by atomic mass is 10.1. The fraction of sp³-hybridized carbons (Fsp3) is 0.550. The highest BCUT2D eigenvalue weighted by Gasteiger charge is 2.18. The van der Waals surface area contributed by atoms with E-state index in [-0.39, 0.29) is 12.0 Å². The van der Waals surface area contributed by atoms with Crippen LogP contribution >= 0.6 is 0 Å². The number of amides is 1. The van der Waals surface area contributed by atoms with Gasteiger partial charge in [-0.05, 0) is 37.1 Å². The molecular formula is C20H27N5O3. The Morgan fingerprint density at radius 3 is 3.04 bits per heavy atom. The molecule has 0 saturated carbocycles. The van der Waals surface area contributed by atoms with Crippen molar-refractivity contribution in [3.63, 3.8) is 0 Å². The second kappa shape index (κ2) is 9.16. The van der Waals surface area contributed by atoms with Crippen LogP contribution in [-0.2, 0) is 11.3 Å². The van der Waals surface area contributed by atoms with E-state index in [0.29, 0.717) is 24.2 Å². The van der Waals surface area contributed by atoms with Crippen LogP contribution in [0.5, 0.6) is 5.88 Å². The molecule has 28 heavy (non-hydrogen) atoms. The van der Waals surface area contributed by atoms with Crippen molar-refractivity contribution >= 4 is 5.91 Å². The Kier molecular flexibility index (Phi) is 6.18. The van der Waals surface area contributed by atoms with Crippen molar-refractivity contribution in [2.24, 2.45) is 0 Å².